The van der Waals surface area contributed by atoms with Gasteiger partial charge in [-0.25, -0.2) is 4.98 Å². The number of anilines is 1. The average Bonchev–Trinajstić information content (AvgIpc) is 2.38. The van der Waals surface area contributed by atoms with E-state index in [1.54, 1.807) is 12.1 Å². The number of rotatable bonds is 4. The van der Waals surface area contributed by atoms with Crippen LogP contribution in [0.3, 0.4) is 0 Å². The topological polar surface area (TPSA) is 71.8 Å². The molecule has 0 atom stereocenters. The number of nitrogen functional groups attached to an aromatic ring is 1. The minimum atomic E-state index is -0.172. The molecule has 0 aliphatic carbocycles. The molecular weight excluding hydrogens is 297 g/mol. The van der Waals surface area contributed by atoms with Crippen LogP contribution in [-0.4, -0.2) is 9.97 Å². The van der Waals surface area contributed by atoms with E-state index in [1.807, 2.05) is 13.0 Å². The first kappa shape index (κ1) is 14.9. The number of aromatic nitrogens is 2. The van der Waals surface area contributed by atoms with Gasteiger partial charge in [-0.1, -0.05) is 42.6 Å². The van der Waals surface area contributed by atoms with Crippen LogP contribution in [0.15, 0.2) is 23.0 Å². The Hall–Kier alpha value is -1.52. The summed E-state index contributed by atoms with van der Waals surface area (Å²) in [6, 6.07) is 5.30. The lowest BCUT2D eigenvalue weighted by Gasteiger charge is -2.07. The smallest absolute Gasteiger partial charge is 0.256 e. The second-order valence-corrected chi connectivity index (χ2v) is 5.37. The molecule has 0 aliphatic heterocycles. The Labute approximate surface area is 126 Å². The number of nitrogens with zero attached hydrogens (tertiary/aromatic N) is 1. The molecule has 20 heavy (non-hydrogen) atoms. The molecule has 1 aromatic carbocycles. The molecule has 3 N–H and O–H groups in total. The highest BCUT2D eigenvalue weighted by Gasteiger charge is 2.09. The molecule has 6 heteroatoms. The molecule has 0 radical (unpaired) electrons. The fourth-order valence-electron chi connectivity index (χ4n) is 1.98. The van der Waals surface area contributed by atoms with Crippen LogP contribution < -0.4 is 11.3 Å². The number of H-pyrrole nitrogens is 1. The first-order chi connectivity index (χ1) is 9.51. The number of hydrogen-bond donors (Lipinski definition) is 2. The molecule has 2 rings (SSSR count). The molecular formula is C14H15Cl2N3O. The number of aromatic amines is 1. The molecule has 0 spiro atoms. The lowest BCUT2D eigenvalue weighted by molar-refractivity contribution is 0.862. The Morgan fingerprint density at radius 2 is 2.05 bits per heavy atom. The highest BCUT2D eigenvalue weighted by Crippen LogP contribution is 2.23. The predicted octanol–water partition coefficient (Wildman–Crippen LogP) is 3.20. The molecule has 1 aromatic heterocycles. The van der Waals surface area contributed by atoms with Crippen molar-refractivity contribution in [2.45, 2.75) is 26.2 Å². The number of hydrogen-bond acceptors (Lipinski definition) is 3. The maximum absolute atomic E-state index is 11.9. The van der Waals surface area contributed by atoms with Gasteiger partial charge in [0, 0.05) is 6.42 Å². The summed E-state index contributed by atoms with van der Waals surface area (Å²) in [7, 11) is 0. The van der Waals surface area contributed by atoms with Crippen LogP contribution in [0.2, 0.25) is 10.0 Å². The summed E-state index contributed by atoms with van der Waals surface area (Å²) < 4.78 is 0. The van der Waals surface area contributed by atoms with Crippen molar-refractivity contribution in [2.24, 2.45) is 0 Å². The monoisotopic (exact) mass is 311 g/mol. The second kappa shape index (κ2) is 6.29. The van der Waals surface area contributed by atoms with Gasteiger partial charge in [0.1, 0.15) is 11.6 Å². The minimum Gasteiger partial charge on any atom is -0.383 e. The Morgan fingerprint density at radius 3 is 2.65 bits per heavy atom. The summed E-state index contributed by atoms with van der Waals surface area (Å²) in [5, 5.41) is 0.969. The van der Waals surface area contributed by atoms with E-state index in [1.165, 1.54) is 0 Å². The number of benzene rings is 1. The van der Waals surface area contributed by atoms with Gasteiger partial charge in [0.2, 0.25) is 0 Å². The van der Waals surface area contributed by atoms with Crippen LogP contribution in [0.25, 0.3) is 0 Å². The van der Waals surface area contributed by atoms with Crippen molar-refractivity contribution >= 4 is 29.0 Å². The zero-order valence-electron chi connectivity index (χ0n) is 11.0. The minimum absolute atomic E-state index is 0.172. The first-order valence-corrected chi connectivity index (χ1v) is 7.08. The van der Waals surface area contributed by atoms with E-state index in [9.17, 15) is 4.79 Å². The van der Waals surface area contributed by atoms with Crippen molar-refractivity contribution in [3.8, 4) is 0 Å². The fourth-order valence-corrected chi connectivity index (χ4v) is 2.30. The third-order valence-electron chi connectivity index (χ3n) is 2.95. The molecule has 106 valence electrons. The largest absolute Gasteiger partial charge is 0.383 e. The first-order valence-electron chi connectivity index (χ1n) is 6.32. The Kier molecular flexibility index (Phi) is 4.68. The van der Waals surface area contributed by atoms with Crippen molar-refractivity contribution in [3.63, 3.8) is 0 Å². The molecule has 4 nitrogen and oxygen atoms in total. The Bertz CT molecular complexity index is 683. The van der Waals surface area contributed by atoms with Crippen LogP contribution in [0.5, 0.6) is 0 Å². The second-order valence-electron chi connectivity index (χ2n) is 4.55. The molecule has 0 bridgehead atoms. The number of nitrogens with two attached hydrogens (primary N) is 1. The van der Waals surface area contributed by atoms with Gasteiger partial charge in [-0.05, 0) is 24.1 Å². The quantitative estimate of drug-likeness (QED) is 0.910. The van der Waals surface area contributed by atoms with E-state index in [0.717, 1.165) is 12.0 Å². The van der Waals surface area contributed by atoms with Crippen LogP contribution in [-0.2, 0) is 12.8 Å². The standard InChI is InChI=1S/C14H15Cl2N3O/c1-2-3-9-13(17)18-12(19-14(9)20)7-8-4-5-10(15)11(16)6-8/h4-6H,2-3,7H2,1H3,(H3,17,18,19,20). The number of nitrogens with one attached hydrogen (secondary N) is 1. The van der Waals surface area contributed by atoms with E-state index in [-0.39, 0.29) is 5.56 Å². The third kappa shape index (κ3) is 3.32. The van der Waals surface area contributed by atoms with E-state index >= 15 is 0 Å². The summed E-state index contributed by atoms with van der Waals surface area (Å²) in [5.41, 5.74) is 7.12. The summed E-state index contributed by atoms with van der Waals surface area (Å²) in [6.45, 7) is 1.99. The molecule has 0 saturated heterocycles. The molecule has 1 heterocycles. The zero-order valence-corrected chi connectivity index (χ0v) is 12.6. The molecule has 0 amide bonds. The third-order valence-corrected chi connectivity index (χ3v) is 3.69. The SMILES string of the molecule is CCCc1c(N)nc(Cc2ccc(Cl)c(Cl)c2)[nH]c1=O. The Morgan fingerprint density at radius 1 is 1.30 bits per heavy atom. The van der Waals surface area contributed by atoms with Gasteiger partial charge in [0.25, 0.3) is 5.56 Å². The van der Waals surface area contributed by atoms with E-state index in [4.69, 9.17) is 28.9 Å². The molecule has 2 aromatic rings. The van der Waals surface area contributed by atoms with E-state index in [0.29, 0.717) is 40.1 Å². The van der Waals surface area contributed by atoms with Crippen LogP contribution in [0.1, 0.15) is 30.3 Å². The van der Waals surface area contributed by atoms with Gasteiger partial charge in [-0.3, -0.25) is 4.79 Å². The van der Waals surface area contributed by atoms with Gasteiger partial charge < -0.3 is 10.7 Å². The van der Waals surface area contributed by atoms with Gasteiger partial charge in [0.15, 0.2) is 0 Å². The molecule has 0 unspecified atom stereocenters. The van der Waals surface area contributed by atoms with Gasteiger partial charge >= 0.3 is 0 Å². The van der Waals surface area contributed by atoms with Crippen LogP contribution in [0.4, 0.5) is 5.82 Å². The highest BCUT2D eigenvalue weighted by atomic mass is 35.5. The Balaban J connectivity index is 2.30. The van der Waals surface area contributed by atoms with Crippen LogP contribution in [0, 0.1) is 0 Å². The lowest BCUT2D eigenvalue weighted by Crippen LogP contribution is -2.19. The maximum atomic E-state index is 11.9. The van der Waals surface area contributed by atoms with Crippen molar-refractivity contribution in [3.05, 3.63) is 55.5 Å². The van der Waals surface area contributed by atoms with Crippen molar-refractivity contribution < 1.29 is 0 Å². The van der Waals surface area contributed by atoms with Gasteiger partial charge in [-0.2, -0.15) is 0 Å². The van der Waals surface area contributed by atoms with Crippen molar-refractivity contribution in [2.75, 3.05) is 5.73 Å². The normalized spacial score (nSPS) is 10.8. The van der Waals surface area contributed by atoms with Crippen molar-refractivity contribution in [1.82, 2.24) is 9.97 Å². The van der Waals surface area contributed by atoms with E-state index in [2.05, 4.69) is 9.97 Å². The summed E-state index contributed by atoms with van der Waals surface area (Å²) >= 11 is 11.8. The number of halogens is 2. The van der Waals surface area contributed by atoms with Crippen molar-refractivity contribution in [1.29, 1.82) is 0 Å². The molecule has 0 fully saturated rings. The van der Waals surface area contributed by atoms with Gasteiger partial charge in [-0.15, -0.1) is 0 Å². The van der Waals surface area contributed by atoms with Gasteiger partial charge in [0.05, 0.1) is 15.6 Å². The maximum Gasteiger partial charge on any atom is 0.256 e. The summed E-state index contributed by atoms with van der Waals surface area (Å²) in [5.74, 6) is 0.816. The molecule has 0 aliphatic rings. The zero-order chi connectivity index (χ0) is 14.7. The lowest BCUT2D eigenvalue weighted by atomic mass is 10.1. The fraction of sp³-hybridized carbons (Fsp3) is 0.286. The predicted molar refractivity (Wildman–Crippen MR) is 82.5 cm³/mol. The van der Waals surface area contributed by atoms with E-state index < -0.39 is 0 Å². The van der Waals surface area contributed by atoms with Crippen LogP contribution >= 0.6 is 23.2 Å². The molecule has 0 saturated carbocycles. The average molecular weight is 312 g/mol. The summed E-state index contributed by atoms with van der Waals surface area (Å²) in [6.07, 6.45) is 1.92. The summed E-state index contributed by atoms with van der Waals surface area (Å²) in [4.78, 5) is 18.9. The highest BCUT2D eigenvalue weighted by molar-refractivity contribution is 6.42.